The molecule has 108 valence electrons. The summed E-state index contributed by atoms with van der Waals surface area (Å²) in [7, 11) is 0. The summed E-state index contributed by atoms with van der Waals surface area (Å²) in [5, 5.41) is 0.784. The first-order valence-electron chi connectivity index (χ1n) is 7.21. The highest BCUT2D eigenvalue weighted by Crippen LogP contribution is 2.22. The molecule has 1 aromatic rings. The number of alkyl halides is 1. The minimum absolute atomic E-state index is 0.202. The molecule has 1 atom stereocenters. The van der Waals surface area contributed by atoms with E-state index in [1.807, 2.05) is 12.1 Å². The van der Waals surface area contributed by atoms with Crippen LogP contribution in [-0.4, -0.2) is 11.0 Å². The van der Waals surface area contributed by atoms with Crippen LogP contribution in [0.4, 0.5) is 0 Å². The van der Waals surface area contributed by atoms with Crippen molar-refractivity contribution in [2.45, 2.75) is 51.6 Å². The van der Waals surface area contributed by atoms with Gasteiger partial charge in [-0.15, -0.1) is 0 Å². The molecule has 19 heavy (non-hydrogen) atoms. The highest BCUT2D eigenvalue weighted by atomic mass is 127. The molecule has 1 unspecified atom stereocenters. The number of benzene rings is 1. The molecule has 0 amide bonds. The van der Waals surface area contributed by atoms with Crippen LogP contribution in [-0.2, 0) is 4.74 Å². The van der Waals surface area contributed by atoms with Crippen LogP contribution < -0.4 is 0 Å². The summed E-state index contributed by atoms with van der Waals surface area (Å²) < 4.78 is 6.95. The second-order valence-corrected chi connectivity index (χ2v) is 6.15. The SMILES string of the molecule is CCCCCCCCOC(CI)c1ccc(Cl)cc1. The van der Waals surface area contributed by atoms with Gasteiger partial charge in [0.25, 0.3) is 0 Å². The van der Waals surface area contributed by atoms with Gasteiger partial charge in [-0.1, -0.05) is 85.4 Å². The molecule has 0 aromatic heterocycles. The Kier molecular flexibility index (Phi) is 9.92. The molecule has 0 aliphatic heterocycles. The number of ether oxygens (including phenoxy) is 1. The van der Waals surface area contributed by atoms with Crippen LogP contribution in [0, 0.1) is 0 Å². The first-order valence-corrected chi connectivity index (χ1v) is 9.11. The monoisotopic (exact) mass is 394 g/mol. The highest BCUT2D eigenvalue weighted by Gasteiger charge is 2.09. The van der Waals surface area contributed by atoms with Crippen LogP contribution in [0.5, 0.6) is 0 Å². The van der Waals surface area contributed by atoms with Crippen molar-refractivity contribution in [2.24, 2.45) is 0 Å². The van der Waals surface area contributed by atoms with E-state index in [9.17, 15) is 0 Å². The molecule has 0 radical (unpaired) electrons. The molecule has 0 N–H and O–H groups in total. The third-order valence-electron chi connectivity index (χ3n) is 3.20. The number of unbranched alkanes of at least 4 members (excludes halogenated alkanes) is 5. The lowest BCUT2D eigenvalue weighted by Crippen LogP contribution is -2.07. The van der Waals surface area contributed by atoms with Crippen molar-refractivity contribution in [1.82, 2.24) is 0 Å². The van der Waals surface area contributed by atoms with E-state index < -0.39 is 0 Å². The minimum atomic E-state index is 0.202. The lowest BCUT2D eigenvalue weighted by atomic mass is 10.1. The molecule has 0 saturated carbocycles. The van der Waals surface area contributed by atoms with Gasteiger partial charge >= 0.3 is 0 Å². The summed E-state index contributed by atoms with van der Waals surface area (Å²) in [5.74, 6) is 0. The molecular formula is C16H24ClIO. The van der Waals surface area contributed by atoms with E-state index >= 15 is 0 Å². The second kappa shape index (κ2) is 10.9. The van der Waals surface area contributed by atoms with Gasteiger partial charge in [-0.25, -0.2) is 0 Å². The maximum absolute atomic E-state index is 5.97. The van der Waals surface area contributed by atoms with Crippen molar-refractivity contribution in [3.05, 3.63) is 34.9 Å². The summed E-state index contributed by atoms with van der Waals surface area (Å²) in [6.07, 6.45) is 8.04. The maximum Gasteiger partial charge on any atom is 0.0914 e. The van der Waals surface area contributed by atoms with E-state index in [-0.39, 0.29) is 6.10 Å². The van der Waals surface area contributed by atoms with Gasteiger partial charge in [0.2, 0.25) is 0 Å². The van der Waals surface area contributed by atoms with E-state index in [0.29, 0.717) is 0 Å². The summed E-state index contributed by atoms with van der Waals surface area (Å²) in [5.41, 5.74) is 1.23. The lowest BCUT2D eigenvalue weighted by Gasteiger charge is -2.16. The number of halogens is 2. The van der Waals surface area contributed by atoms with Gasteiger partial charge in [-0.2, -0.15) is 0 Å². The molecule has 1 rings (SSSR count). The third kappa shape index (κ3) is 7.52. The molecular weight excluding hydrogens is 371 g/mol. The molecule has 0 saturated heterocycles. The second-order valence-electron chi connectivity index (χ2n) is 4.83. The fourth-order valence-corrected chi connectivity index (χ4v) is 2.90. The predicted octanol–water partition coefficient (Wildman–Crippen LogP) is 6.19. The predicted molar refractivity (Wildman–Crippen MR) is 92.4 cm³/mol. The standard InChI is InChI=1S/C16H24ClIO/c1-2-3-4-5-6-7-12-19-16(13-18)14-8-10-15(17)11-9-14/h8-11,16H,2-7,12-13H2,1H3. The Morgan fingerprint density at radius 2 is 1.68 bits per heavy atom. The van der Waals surface area contributed by atoms with Gasteiger partial charge in [0, 0.05) is 16.1 Å². The zero-order chi connectivity index (χ0) is 13.9. The highest BCUT2D eigenvalue weighted by molar-refractivity contribution is 14.1. The van der Waals surface area contributed by atoms with Crippen LogP contribution in [0.25, 0.3) is 0 Å². The average molecular weight is 395 g/mol. The summed E-state index contributed by atoms with van der Waals surface area (Å²) in [6.45, 7) is 3.11. The van der Waals surface area contributed by atoms with Crippen molar-refractivity contribution in [3.8, 4) is 0 Å². The molecule has 0 aliphatic carbocycles. The van der Waals surface area contributed by atoms with Gasteiger partial charge < -0.3 is 4.74 Å². The Bertz CT molecular complexity index is 326. The fourth-order valence-electron chi connectivity index (χ4n) is 2.02. The zero-order valence-electron chi connectivity index (χ0n) is 11.7. The van der Waals surface area contributed by atoms with Crippen LogP contribution in [0.15, 0.2) is 24.3 Å². The normalized spacial score (nSPS) is 12.6. The van der Waals surface area contributed by atoms with E-state index in [4.69, 9.17) is 16.3 Å². The van der Waals surface area contributed by atoms with Gasteiger partial charge in [0.1, 0.15) is 0 Å². The number of hydrogen-bond donors (Lipinski definition) is 0. The van der Waals surface area contributed by atoms with Crippen molar-refractivity contribution in [1.29, 1.82) is 0 Å². The van der Waals surface area contributed by atoms with E-state index in [2.05, 4.69) is 41.6 Å². The quantitative estimate of drug-likeness (QED) is 0.261. The average Bonchev–Trinajstić information content (AvgIpc) is 2.43. The van der Waals surface area contributed by atoms with Crippen LogP contribution in [0.3, 0.4) is 0 Å². The lowest BCUT2D eigenvalue weighted by molar-refractivity contribution is 0.0679. The van der Waals surface area contributed by atoms with E-state index in [1.54, 1.807) is 0 Å². The van der Waals surface area contributed by atoms with Crippen LogP contribution in [0.1, 0.15) is 57.1 Å². The number of hydrogen-bond acceptors (Lipinski definition) is 1. The first-order chi connectivity index (χ1) is 9.27. The Morgan fingerprint density at radius 3 is 2.32 bits per heavy atom. The molecule has 0 aliphatic rings. The van der Waals surface area contributed by atoms with E-state index in [1.165, 1.54) is 44.1 Å². The van der Waals surface area contributed by atoms with Crippen LogP contribution >= 0.6 is 34.2 Å². The van der Waals surface area contributed by atoms with Gasteiger partial charge in [0.15, 0.2) is 0 Å². The molecule has 0 spiro atoms. The van der Waals surface area contributed by atoms with E-state index in [0.717, 1.165) is 16.1 Å². The fraction of sp³-hybridized carbons (Fsp3) is 0.625. The van der Waals surface area contributed by atoms with Crippen molar-refractivity contribution < 1.29 is 4.74 Å². The van der Waals surface area contributed by atoms with Crippen LogP contribution in [0.2, 0.25) is 5.02 Å². The Hall–Kier alpha value is 0.200. The molecule has 1 aromatic carbocycles. The number of rotatable bonds is 10. The molecule has 1 nitrogen and oxygen atoms in total. The summed E-state index contributed by atoms with van der Waals surface area (Å²) in [6, 6.07) is 7.99. The molecule has 3 heteroatoms. The summed E-state index contributed by atoms with van der Waals surface area (Å²) >= 11 is 8.29. The molecule has 0 heterocycles. The minimum Gasteiger partial charge on any atom is -0.373 e. The topological polar surface area (TPSA) is 9.23 Å². The molecule has 0 bridgehead atoms. The van der Waals surface area contributed by atoms with Gasteiger partial charge in [-0.3, -0.25) is 0 Å². The summed E-state index contributed by atoms with van der Waals surface area (Å²) in [4.78, 5) is 0. The Labute approximate surface area is 136 Å². The van der Waals surface area contributed by atoms with Crippen molar-refractivity contribution in [2.75, 3.05) is 11.0 Å². The molecule has 0 fully saturated rings. The largest absolute Gasteiger partial charge is 0.373 e. The maximum atomic E-state index is 5.97. The smallest absolute Gasteiger partial charge is 0.0914 e. The Balaban J connectivity index is 2.20. The van der Waals surface area contributed by atoms with Crippen molar-refractivity contribution in [3.63, 3.8) is 0 Å². The van der Waals surface area contributed by atoms with Gasteiger partial charge in [0.05, 0.1) is 6.10 Å². The zero-order valence-corrected chi connectivity index (χ0v) is 14.6. The van der Waals surface area contributed by atoms with Gasteiger partial charge in [-0.05, 0) is 24.1 Å². The third-order valence-corrected chi connectivity index (χ3v) is 4.25. The first kappa shape index (κ1) is 17.3. The van der Waals surface area contributed by atoms with Crippen molar-refractivity contribution >= 4 is 34.2 Å². The Morgan fingerprint density at radius 1 is 1.05 bits per heavy atom.